The average Bonchev–Trinajstić information content (AvgIpc) is 3.17. The number of aryl methyl sites for hydroxylation is 1. The molecular formula is C27H23F3N2O3. The lowest BCUT2D eigenvalue weighted by Crippen LogP contribution is -2.19. The number of benzene rings is 2. The molecule has 2 aromatic carbocycles. The second kappa shape index (κ2) is 9.82. The Morgan fingerprint density at radius 1 is 1.00 bits per heavy atom. The predicted octanol–water partition coefficient (Wildman–Crippen LogP) is 4.46. The maximum Gasteiger partial charge on any atom is 0.416 e. The largest absolute Gasteiger partial charge is 0.416 e. The standard InChI is InChI=1S/C27H23F3N2O3/c1-31-26(35)22-13-18(10-11-32-22)12-17-4-2-16(3-5-17)6-9-23(33)25-21-15-20(27(28,29)30)8-7-19(21)14-24(25)34/h2-5,7-8,10-11,13,15,25H,6,9,12,14H2,1H3,(H,31,35). The number of fused-ring (bicyclic) bond motifs is 1. The Morgan fingerprint density at radius 3 is 2.40 bits per heavy atom. The van der Waals surface area contributed by atoms with Crippen LogP contribution in [0.3, 0.4) is 0 Å². The quantitative estimate of drug-likeness (QED) is 0.507. The molecule has 1 aromatic heterocycles. The molecule has 8 heteroatoms. The van der Waals surface area contributed by atoms with Crippen LogP contribution in [0.4, 0.5) is 13.2 Å². The minimum atomic E-state index is -4.53. The Kier molecular flexibility index (Phi) is 6.82. The van der Waals surface area contributed by atoms with Gasteiger partial charge in [0.05, 0.1) is 5.56 Å². The third kappa shape index (κ3) is 5.48. The molecule has 0 bridgehead atoms. The van der Waals surface area contributed by atoms with E-state index < -0.39 is 17.7 Å². The summed E-state index contributed by atoms with van der Waals surface area (Å²) in [6.45, 7) is 0. The molecule has 35 heavy (non-hydrogen) atoms. The highest BCUT2D eigenvalue weighted by Crippen LogP contribution is 2.37. The number of aromatic nitrogens is 1. The van der Waals surface area contributed by atoms with Crippen molar-refractivity contribution in [2.45, 2.75) is 37.8 Å². The van der Waals surface area contributed by atoms with Crippen LogP contribution < -0.4 is 5.32 Å². The van der Waals surface area contributed by atoms with E-state index in [1.165, 1.54) is 6.07 Å². The lowest BCUT2D eigenvalue weighted by atomic mass is 9.91. The fourth-order valence-corrected chi connectivity index (χ4v) is 4.33. The summed E-state index contributed by atoms with van der Waals surface area (Å²) in [5.41, 5.74) is 2.98. The lowest BCUT2D eigenvalue weighted by Gasteiger charge is -2.13. The monoisotopic (exact) mass is 480 g/mol. The maximum absolute atomic E-state index is 13.1. The first-order valence-corrected chi connectivity index (χ1v) is 11.2. The van der Waals surface area contributed by atoms with Gasteiger partial charge >= 0.3 is 6.18 Å². The van der Waals surface area contributed by atoms with Crippen molar-refractivity contribution in [3.63, 3.8) is 0 Å². The van der Waals surface area contributed by atoms with Crippen LogP contribution in [-0.2, 0) is 35.0 Å². The summed E-state index contributed by atoms with van der Waals surface area (Å²) in [4.78, 5) is 41.1. The number of amides is 1. The number of rotatable bonds is 7. The van der Waals surface area contributed by atoms with Gasteiger partial charge in [-0.25, -0.2) is 0 Å². The number of alkyl halides is 3. The molecule has 0 fully saturated rings. The first-order chi connectivity index (χ1) is 16.7. The first kappa shape index (κ1) is 24.3. The summed E-state index contributed by atoms with van der Waals surface area (Å²) in [5, 5.41) is 2.54. The molecule has 1 atom stereocenters. The second-order valence-corrected chi connectivity index (χ2v) is 8.58. The highest BCUT2D eigenvalue weighted by atomic mass is 19.4. The average molecular weight is 480 g/mol. The molecule has 3 aromatic rings. The highest BCUT2D eigenvalue weighted by Gasteiger charge is 2.38. The summed E-state index contributed by atoms with van der Waals surface area (Å²) < 4.78 is 39.3. The molecule has 4 rings (SSSR count). The van der Waals surface area contributed by atoms with E-state index in [1.807, 2.05) is 30.3 Å². The van der Waals surface area contributed by atoms with Crippen molar-refractivity contribution in [1.82, 2.24) is 10.3 Å². The molecule has 1 aliphatic rings. The van der Waals surface area contributed by atoms with Crippen molar-refractivity contribution in [3.8, 4) is 0 Å². The molecular weight excluding hydrogens is 457 g/mol. The van der Waals surface area contributed by atoms with Gasteiger partial charge in [-0.2, -0.15) is 13.2 Å². The van der Waals surface area contributed by atoms with E-state index in [0.717, 1.165) is 28.8 Å². The van der Waals surface area contributed by atoms with Gasteiger partial charge in [-0.15, -0.1) is 0 Å². The normalized spacial score (nSPS) is 15.1. The van der Waals surface area contributed by atoms with E-state index in [0.29, 0.717) is 24.1 Å². The third-order valence-electron chi connectivity index (χ3n) is 6.17. The van der Waals surface area contributed by atoms with Gasteiger partial charge in [0, 0.05) is 26.1 Å². The minimum absolute atomic E-state index is 0.0186. The zero-order chi connectivity index (χ0) is 25.2. The predicted molar refractivity (Wildman–Crippen MR) is 123 cm³/mol. The number of nitrogens with one attached hydrogen (secondary N) is 1. The SMILES string of the molecule is CNC(=O)c1cc(Cc2ccc(CCC(=O)C3C(=O)Cc4ccc(C(F)(F)F)cc43)cc2)ccn1. The summed E-state index contributed by atoms with van der Waals surface area (Å²) in [7, 11) is 1.54. The molecule has 1 N–H and O–H groups in total. The number of hydrogen-bond donors (Lipinski definition) is 1. The fourth-order valence-electron chi connectivity index (χ4n) is 4.33. The van der Waals surface area contributed by atoms with Gasteiger partial charge < -0.3 is 5.32 Å². The van der Waals surface area contributed by atoms with Crippen molar-refractivity contribution in [1.29, 1.82) is 0 Å². The van der Waals surface area contributed by atoms with Crippen LogP contribution in [0.1, 0.15) is 56.2 Å². The van der Waals surface area contributed by atoms with Crippen LogP contribution >= 0.6 is 0 Å². The highest BCUT2D eigenvalue weighted by molar-refractivity contribution is 6.11. The molecule has 1 amide bonds. The Hall–Kier alpha value is -3.81. The maximum atomic E-state index is 13.1. The number of ketones is 2. The zero-order valence-electron chi connectivity index (χ0n) is 19.0. The van der Waals surface area contributed by atoms with Crippen LogP contribution in [0, 0.1) is 0 Å². The Labute approximate surface area is 200 Å². The molecule has 0 aliphatic heterocycles. The number of pyridine rings is 1. The molecule has 1 aliphatic carbocycles. The van der Waals surface area contributed by atoms with Gasteiger partial charge in [-0.3, -0.25) is 19.4 Å². The van der Waals surface area contributed by atoms with Gasteiger partial charge in [0.2, 0.25) is 0 Å². The molecule has 5 nitrogen and oxygen atoms in total. The number of halogens is 3. The zero-order valence-corrected chi connectivity index (χ0v) is 19.0. The third-order valence-corrected chi connectivity index (χ3v) is 6.17. The molecule has 0 saturated carbocycles. The molecule has 180 valence electrons. The Balaban J connectivity index is 1.40. The van der Waals surface area contributed by atoms with E-state index in [1.54, 1.807) is 19.3 Å². The number of Topliss-reactive ketones (excluding diaryl/α,β-unsaturated/α-hetero) is 2. The molecule has 0 saturated heterocycles. The van der Waals surface area contributed by atoms with E-state index in [4.69, 9.17) is 0 Å². The van der Waals surface area contributed by atoms with Crippen LogP contribution in [0.25, 0.3) is 0 Å². The topological polar surface area (TPSA) is 76.1 Å². The molecule has 0 spiro atoms. The van der Waals surface area contributed by atoms with Crippen molar-refractivity contribution < 1.29 is 27.6 Å². The second-order valence-electron chi connectivity index (χ2n) is 8.58. The van der Waals surface area contributed by atoms with Crippen molar-refractivity contribution in [2.24, 2.45) is 0 Å². The van der Waals surface area contributed by atoms with Gasteiger partial charge in [0.1, 0.15) is 17.4 Å². The van der Waals surface area contributed by atoms with Crippen molar-refractivity contribution in [3.05, 3.63) is 99.9 Å². The van der Waals surface area contributed by atoms with E-state index in [9.17, 15) is 27.6 Å². The summed E-state index contributed by atoms with van der Waals surface area (Å²) >= 11 is 0. The van der Waals surface area contributed by atoms with Gasteiger partial charge in [-0.1, -0.05) is 30.3 Å². The van der Waals surface area contributed by atoms with Gasteiger partial charge in [0.25, 0.3) is 5.91 Å². The summed E-state index contributed by atoms with van der Waals surface area (Å²) in [6, 6.07) is 14.4. The van der Waals surface area contributed by atoms with Crippen LogP contribution in [0.2, 0.25) is 0 Å². The van der Waals surface area contributed by atoms with Crippen molar-refractivity contribution >= 4 is 17.5 Å². The Morgan fingerprint density at radius 2 is 1.71 bits per heavy atom. The van der Waals surface area contributed by atoms with Gasteiger partial charge in [0.15, 0.2) is 5.78 Å². The minimum Gasteiger partial charge on any atom is -0.354 e. The molecule has 1 heterocycles. The number of hydrogen-bond acceptors (Lipinski definition) is 4. The van der Waals surface area contributed by atoms with E-state index in [-0.39, 0.29) is 35.9 Å². The lowest BCUT2D eigenvalue weighted by molar-refractivity contribution is -0.138. The van der Waals surface area contributed by atoms with Crippen LogP contribution in [0.5, 0.6) is 0 Å². The number of carbonyl (C=O) groups is 3. The molecule has 0 radical (unpaired) electrons. The fraction of sp³-hybridized carbons (Fsp3) is 0.259. The van der Waals surface area contributed by atoms with Crippen LogP contribution in [0.15, 0.2) is 60.8 Å². The summed E-state index contributed by atoms with van der Waals surface area (Å²) in [6.07, 6.45) is -1.93. The van der Waals surface area contributed by atoms with E-state index >= 15 is 0 Å². The van der Waals surface area contributed by atoms with E-state index in [2.05, 4.69) is 10.3 Å². The number of carbonyl (C=O) groups excluding carboxylic acids is 3. The number of nitrogens with zero attached hydrogens (tertiary/aromatic N) is 1. The smallest absolute Gasteiger partial charge is 0.354 e. The van der Waals surface area contributed by atoms with Crippen molar-refractivity contribution in [2.75, 3.05) is 7.05 Å². The first-order valence-electron chi connectivity index (χ1n) is 11.2. The molecule has 1 unspecified atom stereocenters. The Bertz CT molecular complexity index is 1280. The van der Waals surface area contributed by atoms with Crippen LogP contribution in [-0.4, -0.2) is 29.5 Å². The van der Waals surface area contributed by atoms with Gasteiger partial charge in [-0.05, 0) is 64.9 Å². The summed E-state index contributed by atoms with van der Waals surface area (Å²) in [5.74, 6) is -2.11.